The summed E-state index contributed by atoms with van der Waals surface area (Å²) in [5.74, 6) is -0.673. The van der Waals surface area contributed by atoms with E-state index in [1.165, 1.54) is 0 Å². The number of likely N-dealkylation sites (tertiary alicyclic amines) is 1. The molecule has 0 spiro atoms. The molecule has 0 bridgehead atoms. The number of azide groups is 1. The van der Waals surface area contributed by atoms with Crippen molar-refractivity contribution in [2.45, 2.75) is 90.8 Å². The molecule has 1 aromatic carbocycles. The van der Waals surface area contributed by atoms with Crippen LogP contribution in [-0.4, -0.2) is 95.8 Å². The first-order valence-corrected chi connectivity index (χ1v) is 16.7. The number of β-amino-alcohol motifs (C(OH)–C–C–N with tert-alkyl or cyclic N) is 1. The van der Waals surface area contributed by atoms with Crippen LogP contribution in [-0.2, 0) is 25.6 Å². The van der Waals surface area contributed by atoms with Crippen molar-refractivity contribution in [3.05, 3.63) is 51.5 Å². The van der Waals surface area contributed by atoms with E-state index in [1.54, 1.807) is 16.2 Å². The lowest BCUT2D eigenvalue weighted by molar-refractivity contribution is -0.136. The Hall–Kier alpha value is -3.10. The number of aliphatic hydroxyl groups excluding tert-OH is 2. The third-order valence-electron chi connectivity index (χ3n) is 7.86. The lowest BCUT2D eigenvalue weighted by atomic mass is 9.85. The summed E-state index contributed by atoms with van der Waals surface area (Å²) in [7, 11) is 0. The number of nitrogens with zero attached hydrogens (tertiary/aromatic N) is 5. The number of carbonyl (C=O) groups is 2. The van der Waals surface area contributed by atoms with Gasteiger partial charge in [-0.15, -0.1) is 11.3 Å². The quantitative estimate of drug-likeness (QED) is 0.0757. The third-order valence-corrected chi connectivity index (χ3v) is 8.83. The Balaban J connectivity index is 1.45. The Morgan fingerprint density at radius 1 is 1.15 bits per heavy atom. The van der Waals surface area contributed by atoms with E-state index in [-0.39, 0.29) is 31.4 Å². The number of hydrogen-bond acceptors (Lipinski definition) is 10. The topological polar surface area (TPSA) is 182 Å². The molecule has 14 heteroatoms. The number of unbranched alkanes of at least 4 members (excludes halogenated alkanes) is 2. The Morgan fingerprint density at radius 3 is 2.54 bits per heavy atom. The molecule has 254 valence electrons. The zero-order valence-electron chi connectivity index (χ0n) is 27.4. The van der Waals surface area contributed by atoms with Crippen LogP contribution < -0.4 is 10.6 Å². The third kappa shape index (κ3) is 11.9. The van der Waals surface area contributed by atoms with Crippen molar-refractivity contribution in [1.82, 2.24) is 20.5 Å². The van der Waals surface area contributed by atoms with Crippen LogP contribution in [0.5, 0.6) is 0 Å². The average Bonchev–Trinajstić information content (AvgIpc) is 3.63. The normalized spacial score (nSPS) is 18.1. The molecule has 3 rings (SSSR count). The van der Waals surface area contributed by atoms with Gasteiger partial charge in [-0.1, -0.05) is 56.6 Å². The van der Waals surface area contributed by atoms with Gasteiger partial charge < -0.3 is 30.3 Å². The monoisotopic (exact) mass is 659 g/mol. The summed E-state index contributed by atoms with van der Waals surface area (Å²) in [6.07, 6.45) is 1.48. The van der Waals surface area contributed by atoms with Gasteiger partial charge in [0.05, 0.1) is 34.3 Å². The predicted octanol–water partition coefficient (Wildman–Crippen LogP) is 3.92. The Bertz CT molecular complexity index is 1280. The molecule has 46 heavy (non-hydrogen) atoms. The van der Waals surface area contributed by atoms with E-state index >= 15 is 0 Å². The maximum absolute atomic E-state index is 13.3. The molecule has 2 amide bonds. The van der Waals surface area contributed by atoms with E-state index in [0.717, 1.165) is 41.0 Å². The molecule has 0 radical (unpaired) electrons. The Labute approximate surface area is 275 Å². The predicted molar refractivity (Wildman–Crippen MR) is 177 cm³/mol. The summed E-state index contributed by atoms with van der Waals surface area (Å²) in [6.45, 7) is 9.88. The second-order valence-corrected chi connectivity index (χ2v) is 13.5. The first kappa shape index (κ1) is 37.4. The number of aliphatic hydroxyl groups is 2. The van der Waals surface area contributed by atoms with Gasteiger partial charge in [-0.05, 0) is 54.7 Å². The van der Waals surface area contributed by atoms with Crippen LogP contribution in [0, 0.1) is 12.3 Å². The second kappa shape index (κ2) is 18.9. The number of amides is 2. The van der Waals surface area contributed by atoms with Crippen LogP contribution in [0.2, 0.25) is 0 Å². The fourth-order valence-electron chi connectivity index (χ4n) is 5.33. The van der Waals surface area contributed by atoms with Gasteiger partial charge in [-0.25, -0.2) is 4.98 Å². The molecule has 0 aliphatic carbocycles. The van der Waals surface area contributed by atoms with Crippen molar-refractivity contribution in [2.24, 2.45) is 10.5 Å². The van der Waals surface area contributed by atoms with Gasteiger partial charge in [0.1, 0.15) is 12.8 Å². The number of hydrogen-bond donors (Lipinski definition) is 4. The largest absolute Gasteiger partial charge is 0.392 e. The van der Waals surface area contributed by atoms with Crippen LogP contribution in [0.1, 0.15) is 64.1 Å². The van der Waals surface area contributed by atoms with Gasteiger partial charge in [-0.3, -0.25) is 14.5 Å². The molecule has 2 aromatic rings. The molecule has 2 heterocycles. The molecule has 4 atom stereocenters. The summed E-state index contributed by atoms with van der Waals surface area (Å²) in [6, 6.07) is 6.45. The lowest BCUT2D eigenvalue weighted by Gasteiger charge is -2.40. The second-order valence-electron chi connectivity index (χ2n) is 12.6. The van der Waals surface area contributed by atoms with Gasteiger partial charge in [0.15, 0.2) is 0 Å². The molecule has 4 N–H and O–H groups in total. The van der Waals surface area contributed by atoms with E-state index < -0.39 is 29.8 Å². The molecule has 1 saturated heterocycles. The summed E-state index contributed by atoms with van der Waals surface area (Å²) in [4.78, 5) is 35.8. The minimum atomic E-state index is -1.21. The zero-order chi connectivity index (χ0) is 33.5. The van der Waals surface area contributed by atoms with Crippen LogP contribution >= 0.6 is 11.3 Å². The van der Waals surface area contributed by atoms with E-state index in [9.17, 15) is 19.8 Å². The summed E-state index contributed by atoms with van der Waals surface area (Å²) < 4.78 is 11.1. The van der Waals surface area contributed by atoms with Crippen molar-refractivity contribution < 1.29 is 29.3 Å². The molecule has 1 fully saturated rings. The van der Waals surface area contributed by atoms with Crippen molar-refractivity contribution in [3.8, 4) is 10.4 Å². The summed E-state index contributed by atoms with van der Waals surface area (Å²) in [5.41, 5.74) is 12.5. The molecule has 1 unspecified atom stereocenters. The molecular formula is C32H49N7O6S. The minimum absolute atomic E-state index is 0.106. The number of carbonyl (C=O) groups excluding carboxylic acids is 2. The molecule has 13 nitrogen and oxygen atoms in total. The first-order valence-electron chi connectivity index (χ1n) is 15.9. The van der Waals surface area contributed by atoms with E-state index in [0.29, 0.717) is 39.3 Å². The van der Waals surface area contributed by atoms with Gasteiger partial charge >= 0.3 is 0 Å². The molecular weight excluding hydrogens is 610 g/mol. The molecule has 1 aliphatic heterocycles. The minimum Gasteiger partial charge on any atom is -0.392 e. The maximum atomic E-state index is 13.3. The number of rotatable bonds is 19. The summed E-state index contributed by atoms with van der Waals surface area (Å²) >= 11 is 1.58. The van der Waals surface area contributed by atoms with E-state index in [1.807, 2.05) is 57.5 Å². The fraction of sp³-hybridized carbons (Fsp3) is 0.656. The number of aromatic nitrogens is 1. The van der Waals surface area contributed by atoms with Crippen molar-refractivity contribution in [3.63, 3.8) is 0 Å². The van der Waals surface area contributed by atoms with Crippen molar-refractivity contribution in [2.75, 3.05) is 39.5 Å². The average molecular weight is 660 g/mol. The van der Waals surface area contributed by atoms with Crippen LogP contribution in [0.25, 0.3) is 20.9 Å². The number of aryl methyl sites for hydroxylation is 1. The first-order chi connectivity index (χ1) is 22.0. The standard InChI is InChI=1S/C32H49N7O6S/c1-22-28(46-21-35-22)24-11-9-23(10-12-24)18-34-30(42)26-17-25(40)19-39(26)31(43)29(32(2,3)4)37-27(41)20-45-16-8-15-44-14-7-5-6-13-36-38-33/h9-12,21,25-26,29,31,40,43H,5-8,13-20H2,1-4H3,(H,34,42)(H,37,41)/t25-,26+,29-,31?/m1/s1. The van der Waals surface area contributed by atoms with Gasteiger partial charge in [-0.2, -0.15) is 0 Å². The molecule has 1 aliphatic rings. The highest BCUT2D eigenvalue weighted by Gasteiger charge is 2.45. The highest BCUT2D eigenvalue weighted by molar-refractivity contribution is 7.13. The van der Waals surface area contributed by atoms with E-state index in [4.69, 9.17) is 15.0 Å². The summed E-state index contributed by atoms with van der Waals surface area (Å²) in [5, 5.41) is 31.3. The number of nitrogens with one attached hydrogen (secondary N) is 2. The SMILES string of the molecule is Cc1ncsc1-c1ccc(CNC(=O)[C@@H]2C[C@@H](O)CN2C(O)[C@@H](NC(=O)COCCCOCCCCCN=[N+]=[N-])C(C)(C)C)cc1. The van der Waals surface area contributed by atoms with Gasteiger partial charge in [0.2, 0.25) is 11.8 Å². The molecule has 0 saturated carbocycles. The van der Waals surface area contributed by atoms with Gasteiger partial charge in [0, 0.05) is 44.4 Å². The Kier molecular flexibility index (Phi) is 15.3. The fourth-order valence-corrected chi connectivity index (χ4v) is 6.14. The van der Waals surface area contributed by atoms with E-state index in [2.05, 4.69) is 25.6 Å². The number of ether oxygens (including phenoxy) is 2. The van der Waals surface area contributed by atoms with Gasteiger partial charge in [0.25, 0.3) is 0 Å². The van der Waals surface area contributed by atoms with Crippen molar-refractivity contribution >= 4 is 23.2 Å². The lowest BCUT2D eigenvalue weighted by Crippen LogP contribution is -2.60. The van der Waals surface area contributed by atoms with Crippen LogP contribution in [0.4, 0.5) is 0 Å². The van der Waals surface area contributed by atoms with Crippen molar-refractivity contribution in [1.29, 1.82) is 0 Å². The molecule has 1 aromatic heterocycles. The smallest absolute Gasteiger partial charge is 0.246 e. The van der Waals surface area contributed by atoms with Crippen LogP contribution in [0.3, 0.4) is 0 Å². The Morgan fingerprint density at radius 2 is 1.87 bits per heavy atom. The number of benzene rings is 1. The number of thiazole rings is 1. The maximum Gasteiger partial charge on any atom is 0.246 e. The highest BCUT2D eigenvalue weighted by atomic mass is 32.1. The van der Waals surface area contributed by atoms with Crippen LogP contribution in [0.15, 0.2) is 34.9 Å². The highest BCUT2D eigenvalue weighted by Crippen LogP contribution is 2.29. The zero-order valence-corrected chi connectivity index (χ0v) is 28.2.